The highest BCUT2D eigenvalue weighted by Gasteiger charge is 2.24. The van der Waals surface area contributed by atoms with Crippen LogP contribution in [0.3, 0.4) is 0 Å². The standard InChI is InChI=1S/C10H8BrClFNO/c11-5-6-4-9(14-15-6)10-7(12)2-1-3-8(10)13/h1-3,6H,4-5H2/t6-/m0/s1. The molecule has 80 valence electrons. The van der Waals surface area contributed by atoms with Crippen LogP contribution < -0.4 is 0 Å². The van der Waals surface area contributed by atoms with Gasteiger partial charge in [0.15, 0.2) is 0 Å². The Balaban J connectivity index is 2.31. The van der Waals surface area contributed by atoms with Crippen LogP contribution in [0, 0.1) is 5.82 Å². The fourth-order valence-corrected chi connectivity index (χ4v) is 2.05. The molecule has 0 amide bonds. The molecule has 0 spiro atoms. The van der Waals surface area contributed by atoms with Crippen LogP contribution in [0.25, 0.3) is 0 Å². The molecule has 2 rings (SSSR count). The van der Waals surface area contributed by atoms with E-state index in [0.717, 1.165) is 0 Å². The van der Waals surface area contributed by atoms with Gasteiger partial charge in [0.25, 0.3) is 0 Å². The fourth-order valence-electron chi connectivity index (χ4n) is 1.43. The van der Waals surface area contributed by atoms with Crippen molar-refractivity contribution < 1.29 is 9.23 Å². The predicted octanol–water partition coefficient (Wildman–Crippen LogP) is 3.37. The largest absolute Gasteiger partial charge is 0.391 e. The van der Waals surface area contributed by atoms with Crippen molar-refractivity contribution in [2.75, 3.05) is 5.33 Å². The van der Waals surface area contributed by atoms with Crippen LogP contribution in [-0.4, -0.2) is 17.1 Å². The van der Waals surface area contributed by atoms with Crippen molar-refractivity contribution in [3.8, 4) is 0 Å². The molecule has 1 aliphatic heterocycles. The molecule has 1 aliphatic rings. The lowest BCUT2D eigenvalue weighted by molar-refractivity contribution is 0.104. The third-order valence-corrected chi connectivity index (χ3v) is 3.19. The summed E-state index contributed by atoms with van der Waals surface area (Å²) in [7, 11) is 0. The first kappa shape index (κ1) is 10.9. The van der Waals surface area contributed by atoms with Gasteiger partial charge in [-0.25, -0.2) is 4.39 Å². The number of halogens is 3. The number of benzene rings is 1. The molecule has 0 saturated heterocycles. The zero-order valence-electron chi connectivity index (χ0n) is 7.71. The molecule has 1 aromatic carbocycles. The van der Waals surface area contributed by atoms with Crippen molar-refractivity contribution in [3.63, 3.8) is 0 Å². The van der Waals surface area contributed by atoms with Crippen molar-refractivity contribution in [2.45, 2.75) is 12.5 Å². The Hall–Kier alpha value is -0.610. The summed E-state index contributed by atoms with van der Waals surface area (Å²) in [6.45, 7) is 0. The van der Waals surface area contributed by atoms with E-state index in [1.165, 1.54) is 6.07 Å². The number of alkyl halides is 1. The van der Waals surface area contributed by atoms with Crippen LogP contribution in [0.2, 0.25) is 5.02 Å². The van der Waals surface area contributed by atoms with E-state index in [4.69, 9.17) is 16.4 Å². The Morgan fingerprint density at radius 2 is 2.40 bits per heavy atom. The Morgan fingerprint density at radius 3 is 3.00 bits per heavy atom. The third kappa shape index (κ3) is 2.16. The Bertz CT molecular complexity index is 390. The molecule has 0 saturated carbocycles. The van der Waals surface area contributed by atoms with Gasteiger partial charge in [0.05, 0.1) is 16.3 Å². The van der Waals surface area contributed by atoms with Gasteiger partial charge in [0, 0.05) is 11.8 Å². The number of hydrogen-bond acceptors (Lipinski definition) is 2. The van der Waals surface area contributed by atoms with Gasteiger partial charge in [0.2, 0.25) is 0 Å². The van der Waals surface area contributed by atoms with E-state index in [0.29, 0.717) is 28.0 Å². The summed E-state index contributed by atoms with van der Waals surface area (Å²) < 4.78 is 13.5. The van der Waals surface area contributed by atoms with Crippen LogP contribution in [-0.2, 0) is 4.84 Å². The molecular formula is C10H8BrClFNO. The average Bonchev–Trinajstić information content (AvgIpc) is 2.66. The second kappa shape index (κ2) is 4.49. The van der Waals surface area contributed by atoms with Crippen molar-refractivity contribution in [1.82, 2.24) is 0 Å². The summed E-state index contributed by atoms with van der Waals surface area (Å²) in [6.07, 6.45) is 0.544. The summed E-state index contributed by atoms with van der Waals surface area (Å²) in [5.41, 5.74) is 0.921. The number of nitrogens with zero attached hydrogens (tertiary/aromatic N) is 1. The molecule has 1 heterocycles. The Morgan fingerprint density at radius 1 is 1.60 bits per heavy atom. The maximum atomic E-state index is 13.5. The molecule has 0 N–H and O–H groups in total. The lowest BCUT2D eigenvalue weighted by atomic mass is 10.1. The molecule has 5 heteroatoms. The highest BCUT2D eigenvalue weighted by molar-refractivity contribution is 9.09. The summed E-state index contributed by atoms with van der Waals surface area (Å²) in [6, 6.07) is 4.58. The van der Waals surface area contributed by atoms with Crippen LogP contribution in [0.1, 0.15) is 12.0 Å². The third-order valence-electron chi connectivity index (χ3n) is 2.16. The quantitative estimate of drug-likeness (QED) is 0.766. The van der Waals surface area contributed by atoms with E-state index >= 15 is 0 Å². The molecule has 0 bridgehead atoms. The van der Waals surface area contributed by atoms with Crippen molar-refractivity contribution in [2.24, 2.45) is 5.16 Å². The average molecular weight is 293 g/mol. The molecule has 0 radical (unpaired) electrons. The number of oxime groups is 1. The van der Waals surface area contributed by atoms with Gasteiger partial charge in [-0.3, -0.25) is 0 Å². The predicted molar refractivity (Wildman–Crippen MR) is 61.2 cm³/mol. The second-order valence-electron chi connectivity index (χ2n) is 3.22. The molecule has 1 atom stereocenters. The molecule has 0 fully saturated rings. The summed E-state index contributed by atoms with van der Waals surface area (Å²) in [5.74, 6) is -0.361. The van der Waals surface area contributed by atoms with Crippen LogP contribution >= 0.6 is 27.5 Å². The lowest BCUT2D eigenvalue weighted by Crippen LogP contribution is -2.10. The zero-order valence-corrected chi connectivity index (χ0v) is 10.1. The fraction of sp³-hybridized carbons (Fsp3) is 0.300. The van der Waals surface area contributed by atoms with Crippen molar-refractivity contribution in [3.05, 3.63) is 34.6 Å². The number of hydrogen-bond donors (Lipinski definition) is 0. The van der Waals surface area contributed by atoms with E-state index in [1.807, 2.05) is 0 Å². The first-order chi connectivity index (χ1) is 7.22. The molecule has 2 nitrogen and oxygen atoms in total. The number of rotatable bonds is 2. The minimum absolute atomic E-state index is 0.0318. The van der Waals surface area contributed by atoms with E-state index in [1.54, 1.807) is 12.1 Å². The van der Waals surface area contributed by atoms with Crippen molar-refractivity contribution in [1.29, 1.82) is 0 Å². The van der Waals surface area contributed by atoms with Gasteiger partial charge < -0.3 is 4.84 Å². The minimum Gasteiger partial charge on any atom is -0.391 e. The molecular weight excluding hydrogens is 284 g/mol. The summed E-state index contributed by atoms with van der Waals surface area (Å²) in [5, 5.41) is 4.88. The SMILES string of the molecule is Fc1cccc(Cl)c1C1=NO[C@H](CBr)C1. The van der Waals surface area contributed by atoms with Gasteiger partial charge in [-0.15, -0.1) is 0 Å². The first-order valence-electron chi connectivity index (χ1n) is 4.45. The maximum absolute atomic E-state index is 13.5. The second-order valence-corrected chi connectivity index (χ2v) is 4.28. The monoisotopic (exact) mass is 291 g/mol. The maximum Gasteiger partial charge on any atom is 0.142 e. The van der Waals surface area contributed by atoms with Crippen molar-refractivity contribution >= 4 is 33.2 Å². The first-order valence-corrected chi connectivity index (χ1v) is 5.95. The van der Waals surface area contributed by atoms with Gasteiger partial charge in [0.1, 0.15) is 11.9 Å². The van der Waals surface area contributed by atoms with Gasteiger partial charge in [-0.05, 0) is 12.1 Å². The lowest BCUT2D eigenvalue weighted by Gasteiger charge is -2.04. The topological polar surface area (TPSA) is 21.6 Å². The molecule has 0 aromatic heterocycles. The van der Waals surface area contributed by atoms with Gasteiger partial charge in [-0.2, -0.15) is 0 Å². The molecule has 15 heavy (non-hydrogen) atoms. The molecule has 0 aliphatic carbocycles. The Labute approximate surface area is 100 Å². The molecule has 1 aromatic rings. The van der Waals surface area contributed by atoms with Crippen LogP contribution in [0.15, 0.2) is 23.4 Å². The zero-order chi connectivity index (χ0) is 10.8. The van der Waals surface area contributed by atoms with Gasteiger partial charge in [-0.1, -0.05) is 38.8 Å². The highest BCUT2D eigenvalue weighted by Crippen LogP contribution is 2.25. The Kier molecular flexibility index (Phi) is 3.26. The summed E-state index contributed by atoms with van der Waals surface area (Å²) >= 11 is 9.20. The van der Waals surface area contributed by atoms with Crippen LogP contribution in [0.4, 0.5) is 4.39 Å². The van der Waals surface area contributed by atoms with E-state index in [2.05, 4.69) is 21.1 Å². The van der Waals surface area contributed by atoms with E-state index in [9.17, 15) is 4.39 Å². The van der Waals surface area contributed by atoms with E-state index in [-0.39, 0.29) is 11.9 Å². The smallest absolute Gasteiger partial charge is 0.142 e. The van der Waals surface area contributed by atoms with Gasteiger partial charge >= 0.3 is 0 Å². The minimum atomic E-state index is -0.361. The van der Waals surface area contributed by atoms with Crippen LogP contribution in [0.5, 0.6) is 0 Å². The normalized spacial score (nSPS) is 19.9. The van der Waals surface area contributed by atoms with E-state index < -0.39 is 0 Å². The summed E-state index contributed by atoms with van der Waals surface area (Å²) in [4.78, 5) is 5.09. The highest BCUT2D eigenvalue weighted by atomic mass is 79.9. The molecule has 0 unspecified atom stereocenters.